The van der Waals surface area contributed by atoms with Crippen molar-refractivity contribution < 1.29 is 9.84 Å². The van der Waals surface area contributed by atoms with E-state index in [9.17, 15) is 5.11 Å². The minimum Gasteiger partial charge on any atom is -0.473 e. The molecule has 1 fully saturated rings. The third kappa shape index (κ3) is 2.14. The van der Waals surface area contributed by atoms with E-state index in [1.54, 1.807) is 13.3 Å². The van der Waals surface area contributed by atoms with Crippen molar-refractivity contribution in [3.63, 3.8) is 0 Å². The van der Waals surface area contributed by atoms with Crippen LogP contribution in [0.2, 0.25) is 0 Å². The van der Waals surface area contributed by atoms with E-state index in [2.05, 4.69) is 4.98 Å². The van der Waals surface area contributed by atoms with Crippen LogP contribution in [-0.4, -0.2) is 23.3 Å². The van der Waals surface area contributed by atoms with Gasteiger partial charge in [-0.25, -0.2) is 4.98 Å². The van der Waals surface area contributed by atoms with E-state index in [-0.39, 0.29) is 11.6 Å². The van der Waals surface area contributed by atoms with Crippen LogP contribution in [-0.2, 0) is 5.54 Å². The molecule has 1 aliphatic rings. The van der Waals surface area contributed by atoms with Gasteiger partial charge in [0.2, 0.25) is 0 Å². The minimum absolute atomic E-state index is 0.184. The second kappa shape index (κ2) is 4.08. The van der Waals surface area contributed by atoms with Gasteiger partial charge in [-0.3, -0.25) is 0 Å². The van der Waals surface area contributed by atoms with E-state index in [1.807, 2.05) is 0 Å². The van der Waals surface area contributed by atoms with E-state index >= 15 is 0 Å². The minimum atomic E-state index is -0.312. The number of rotatable bonds is 2. The standard InChI is InChI=1S/C10H16N2O2S/c1-14-9-12-6-8(15-9)10(11)4-2-7(13)3-5-10/h6-7,13H,2-5,11H2,1H3. The summed E-state index contributed by atoms with van der Waals surface area (Å²) < 4.78 is 5.05. The summed E-state index contributed by atoms with van der Waals surface area (Å²) in [5.74, 6) is 0. The molecule has 1 aromatic rings. The number of nitrogens with two attached hydrogens (primary N) is 1. The first-order chi connectivity index (χ1) is 7.14. The summed E-state index contributed by atoms with van der Waals surface area (Å²) in [4.78, 5) is 5.19. The summed E-state index contributed by atoms with van der Waals surface area (Å²) >= 11 is 1.50. The van der Waals surface area contributed by atoms with E-state index in [0.29, 0.717) is 5.19 Å². The highest BCUT2D eigenvalue weighted by molar-refractivity contribution is 7.13. The highest BCUT2D eigenvalue weighted by Crippen LogP contribution is 2.38. The van der Waals surface area contributed by atoms with Crippen molar-refractivity contribution in [1.29, 1.82) is 0 Å². The normalized spacial score (nSPS) is 31.5. The van der Waals surface area contributed by atoms with Crippen molar-refractivity contribution >= 4 is 11.3 Å². The van der Waals surface area contributed by atoms with Crippen LogP contribution in [0.1, 0.15) is 30.6 Å². The Balaban J connectivity index is 2.14. The Kier molecular flexibility index (Phi) is 2.95. The number of hydrogen-bond acceptors (Lipinski definition) is 5. The Morgan fingerprint density at radius 3 is 2.80 bits per heavy atom. The predicted molar refractivity (Wildman–Crippen MR) is 59.0 cm³/mol. The van der Waals surface area contributed by atoms with Gasteiger partial charge in [0.05, 0.1) is 18.8 Å². The lowest BCUT2D eigenvalue weighted by atomic mass is 9.80. The molecule has 2 rings (SSSR count). The number of aliphatic hydroxyl groups excluding tert-OH is 1. The van der Waals surface area contributed by atoms with Crippen LogP contribution in [0.15, 0.2) is 6.20 Å². The van der Waals surface area contributed by atoms with Crippen molar-refractivity contribution in [3.8, 4) is 5.19 Å². The summed E-state index contributed by atoms with van der Waals surface area (Å²) in [5, 5.41) is 10.1. The van der Waals surface area contributed by atoms with Crippen molar-refractivity contribution in [2.24, 2.45) is 5.73 Å². The van der Waals surface area contributed by atoms with E-state index in [4.69, 9.17) is 10.5 Å². The fraction of sp³-hybridized carbons (Fsp3) is 0.700. The van der Waals surface area contributed by atoms with Gasteiger partial charge in [-0.1, -0.05) is 11.3 Å². The monoisotopic (exact) mass is 228 g/mol. The number of ether oxygens (including phenoxy) is 1. The predicted octanol–water partition coefficient (Wildman–Crippen LogP) is 1.24. The maximum atomic E-state index is 9.45. The second-order valence-corrected chi connectivity index (χ2v) is 5.08. The molecule has 15 heavy (non-hydrogen) atoms. The lowest BCUT2D eigenvalue weighted by molar-refractivity contribution is 0.0979. The molecule has 0 radical (unpaired) electrons. The molecular formula is C10H16N2O2S. The summed E-state index contributed by atoms with van der Waals surface area (Å²) in [6.07, 6.45) is 4.80. The van der Waals surface area contributed by atoms with Gasteiger partial charge in [-0.05, 0) is 25.7 Å². The van der Waals surface area contributed by atoms with E-state index in [1.165, 1.54) is 11.3 Å². The largest absolute Gasteiger partial charge is 0.473 e. The number of aliphatic hydroxyl groups is 1. The lowest BCUT2D eigenvalue weighted by Crippen LogP contribution is -2.40. The number of nitrogens with zero attached hydrogens (tertiary/aromatic N) is 1. The fourth-order valence-corrected chi connectivity index (χ4v) is 2.84. The van der Waals surface area contributed by atoms with E-state index < -0.39 is 0 Å². The van der Waals surface area contributed by atoms with Crippen molar-refractivity contribution in [2.45, 2.75) is 37.3 Å². The second-order valence-electron chi connectivity index (χ2n) is 4.08. The maximum absolute atomic E-state index is 9.45. The SMILES string of the molecule is COc1ncc(C2(N)CCC(O)CC2)s1. The first kappa shape index (κ1) is 10.9. The molecule has 0 aliphatic heterocycles. The molecule has 5 heteroatoms. The Bertz CT molecular complexity index is 332. The van der Waals surface area contributed by atoms with Gasteiger partial charge in [0.25, 0.3) is 5.19 Å². The van der Waals surface area contributed by atoms with Crippen molar-refractivity contribution in [2.75, 3.05) is 7.11 Å². The van der Waals surface area contributed by atoms with Crippen molar-refractivity contribution in [3.05, 3.63) is 11.1 Å². The molecule has 0 unspecified atom stereocenters. The molecule has 4 nitrogen and oxygen atoms in total. The highest BCUT2D eigenvalue weighted by atomic mass is 32.1. The number of methoxy groups -OCH3 is 1. The Morgan fingerprint density at radius 2 is 2.27 bits per heavy atom. The van der Waals surface area contributed by atoms with Crippen LogP contribution in [0.4, 0.5) is 0 Å². The molecule has 1 saturated carbocycles. The molecule has 0 saturated heterocycles. The molecule has 1 heterocycles. The van der Waals surface area contributed by atoms with Crippen LogP contribution in [0.25, 0.3) is 0 Å². The Hall–Kier alpha value is -0.650. The maximum Gasteiger partial charge on any atom is 0.273 e. The average Bonchev–Trinajstić information content (AvgIpc) is 2.72. The summed E-state index contributed by atoms with van der Waals surface area (Å²) in [6.45, 7) is 0. The summed E-state index contributed by atoms with van der Waals surface area (Å²) in [6, 6.07) is 0. The van der Waals surface area contributed by atoms with Gasteiger partial charge in [-0.15, -0.1) is 0 Å². The number of aromatic nitrogens is 1. The first-order valence-corrected chi connectivity index (χ1v) is 5.93. The van der Waals surface area contributed by atoms with Gasteiger partial charge < -0.3 is 15.6 Å². The van der Waals surface area contributed by atoms with Gasteiger partial charge in [0.1, 0.15) is 0 Å². The molecule has 84 valence electrons. The van der Waals surface area contributed by atoms with Crippen LogP contribution in [0, 0.1) is 0 Å². The molecule has 1 aromatic heterocycles. The molecule has 0 bridgehead atoms. The fourth-order valence-electron chi connectivity index (χ4n) is 1.95. The van der Waals surface area contributed by atoms with Gasteiger partial charge in [-0.2, -0.15) is 0 Å². The zero-order valence-electron chi connectivity index (χ0n) is 8.77. The zero-order chi connectivity index (χ0) is 10.9. The molecule has 0 amide bonds. The van der Waals surface area contributed by atoms with Gasteiger partial charge in [0.15, 0.2) is 0 Å². The van der Waals surface area contributed by atoms with Crippen LogP contribution in [0.5, 0.6) is 5.19 Å². The lowest BCUT2D eigenvalue weighted by Gasteiger charge is -2.34. The third-order valence-corrected chi connectivity index (χ3v) is 4.18. The quantitative estimate of drug-likeness (QED) is 0.799. The topological polar surface area (TPSA) is 68.4 Å². The number of hydrogen-bond donors (Lipinski definition) is 2. The van der Waals surface area contributed by atoms with Crippen molar-refractivity contribution in [1.82, 2.24) is 4.98 Å². The van der Waals surface area contributed by atoms with E-state index in [0.717, 1.165) is 30.6 Å². The van der Waals surface area contributed by atoms with Crippen LogP contribution >= 0.6 is 11.3 Å². The number of thiazole rings is 1. The average molecular weight is 228 g/mol. The molecule has 0 spiro atoms. The molecule has 1 aliphatic carbocycles. The Labute approximate surface area is 93.1 Å². The summed E-state index contributed by atoms with van der Waals surface area (Å²) in [7, 11) is 1.61. The molecule has 3 N–H and O–H groups in total. The highest BCUT2D eigenvalue weighted by Gasteiger charge is 2.34. The third-order valence-electron chi connectivity index (χ3n) is 3.00. The zero-order valence-corrected chi connectivity index (χ0v) is 9.59. The summed E-state index contributed by atoms with van der Waals surface area (Å²) in [5.41, 5.74) is 6.00. The Morgan fingerprint density at radius 1 is 1.60 bits per heavy atom. The van der Waals surface area contributed by atoms with Gasteiger partial charge >= 0.3 is 0 Å². The van der Waals surface area contributed by atoms with Crippen LogP contribution in [0.3, 0.4) is 0 Å². The van der Waals surface area contributed by atoms with Gasteiger partial charge in [0, 0.05) is 11.1 Å². The first-order valence-electron chi connectivity index (χ1n) is 5.11. The molecule has 0 aromatic carbocycles. The molecule has 0 atom stereocenters. The molecular weight excluding hydrogens is 212 g/mol. The van der Waals surface area contributed by atoms with Crippen LogP contribution < -0.4 is 10.5 Å². The smallest absolute Gasteiger partial charge is 0.273 e.